The van der Waals surface area contributed by atoms with E-state index in [1.165, 1.54) is 25.3 Å². The van der Waals surface area contributed by atoms with E-state index in [1.54, 1.807) is 6.92 Å². The Hall–Kier alpha value is -1.89. The van der Waals surface area contributed by atoms with Crippen molar-refractivity contribution in [2.24, 2.45) is 11.7 Å². The third-order valence-corrected chi connectivity index (χ3v) is 2.45. The molecule has 1 amide bonds. The second kappa shape index (κ2) is 6.89. The monoisotopic (exact) mass is 274 g/mol. The molecule has 0 saturated heterocycles. The number of amides is 1. The van der Waals surface area contributed by atoms with Crippen molar-refractivity contribution in [2.45, 2.75) is 13.5 Å². The first-order valence-electron chi connectivity index (χ1n) is 5.61. The molecule has 0 radical (unpaired) electrons. The van der Waals surface area contributed by atoms with Crippen LogP contribution in [0, 0.1) is 5.92 Å². The zero-order valence-corrected chi connectivity index (χ0v) is 10.7. The molecule has 0 aromatic heterocycles. The molecule has 1 rings (SSSR count). The number of nitrogens with two attached hydrogens (primary N) is 1. The lowest BCUT2D eigenvalue weighted by Gasteiger charge is -2.13. The third-order valence-electron chi connectivity index (χ3n) is 2.45. The molecule has 1 unspecified atom stereocenters. The Kier molecular flexibility index (Phi) is 5.50. The first-order chi connectivity index (χ1) is 8.97. The number of hydrogen-bond donors (Lipinski definition) is 2. The molecule has 0 bridgehead atoms. The van der Waals surface area contributed by atoms with Gasteiger partial charge in [-0.25, -0.2) is 0 Å². The summed E-state index contributed by atoms with van der Waals surface area (Å²) in [6.45, 7) is -1.11. The van der Waals surface area contributed by atoms with Gasteiger partial charge < -0.3 is 20.5 Å². The van der Waals surface area contributed by atoms with Gasteiger partial charge in [0.2, 0.25) is 5.91 Å². The Labute approximate surface area is 109 Å². The molecule has 0 heterocycles. The highest BCUT2D eigenvalue weighted by Gasteiger charge is 2.14. The van der Waals surface area contributed by atoms with Crippen LogP contribution in [0.25, 0.3) is 0 Å². The van der Waals surface area contributed by atoms with Crippen LogP contribution >= 0.6 is 0 Å². The molecule has 106 valence electrons. The molecule has 5 nitrogen and oxygen atoms in total. The van der Waals surface area contributed by atoms with Gasteiger partial charge in [0.25, 0.3) is 0 Å². The summed E-state index contributed by atoms with van der Waals surface area (Å²) in [4.78, 5) is 11.6. The fraction of sp³-hybridized carbons (Fsp3) is 0.417. The van der Waals surface area contributed by atoms with E-state index in [9.17, 15) is 13.6 Å². The summed E-state index contributed by atoms with van der Waals surface area (Å²) in [5.41, 5.74) is 5.70. The number of halogens is 2. The topological polar surface area (TPSA) is 73.6 Å². The van der Waals surface area contributed by atoms with Crippen molar-refractivity contribution >= 4 is 11.6 Å². The van der Waals surface area contributed by atoms with E-state index in [0.29, 0.717) is 5.69 Å². The molecule has 1 aromatic carbocycles. The van der Waals surface area contributed by atoms with Crippen LogP contribution in [0.1, 0.15) is 6.92 Å². The highest BCUT2D eigenvalue weighted by Crippen LogP contribution is 2.31. The van der Waals surface area contributed by atoms with Crippen molar-refractivity contribution in [2.75, 3.05) is 19.0 Å². The van der Waals surface area contributed by atoms with Crippen LogP contribution in [0.5, 0.6) is 11.5 Å². The zero-order valence-electron chi connectivity index (χ0n) is 10.7. The predicted molar refractivity (Wildman–Crippen MR) is 66.5 cm³/mol. The summed E-state index contributed by atoms with van der Waals surface area (Å²) < 4.78 is 33.7. The lowest BCUT2D eigenvalue weighted by atomic mass is 10.1. The molecule has 0 saturated carbocycles. The molecular weight excluding hydrogens is 258 g/mol. The first kappa shape index (κ1) is 15.2. The second-order valence-corrected chi connectivity index (χ2v) is 3.87. The van der Waals surface area contributed by atoms with E-state index in [4.69, 9.17) is 10.5 Å². The molecular formula is C12H16F2N2O3. The highest BCUT2D eigenvalue weighted by atomic mass is 19.3. The number of carbonyl (C=O) groups is 1. The van der Waals surface area contributed by atoms with Crippen molar-refractivity contribution in [1.82, 2.24) is 0 Å². The minimum atomic E-state index is -2.97. The summed E-state index contributed by atoms with van der Waals surface area (Å²) in [5.74, 6) is -0.655. The molecule has 1 aromatic rings. The van der Waals surface area contributed by atoms with Crippen molar-refractivity contribution in [1.29, 1.82) is 0 Å². The molecule has 3 N–H and O–H groups in total. The quantitative estimate of drug-likeness (QED) is 0.830. The SMILES string of the molecule is COc1ccc(NC(=O)C(C)CN)cc1OC(F)F. The maximum Gasteiger partial charge on any atom is 0.387 e. The molecule has 0 aliphatic rings. The van der Waals surface area contributed by atoms with Crippen molar-refractivity contribution in [3.63, 3.8) is 0 Å². The number of anilines is 1. The number of methoxy groups -OCH3 is 1. The van der Waals surface area contributed by atoms with Crippen LogP contribution < -0.4 is 20.5 Å². The van der Waals surface area contributed by atoms with Gasteiger partial charge in [-0.05, 0) is 12.1 Å². The maximum atomic E-state index is 12.2. The maximum absolute atomic E-state index is 12.2. The molecule has 0 aliphatic carbocycles. The van der Waals surface area contributed by atoms with Crippen LogP contribution in [-0.2, 0) is 4.79 Å². The summed E-state index contributed by atoms with van der Waals surface area (Å²) >= 11 is 0. The van der Waals surface area contributed by atoms with E-state index in [-0.39, 0.29) is 29.9 Å². The van der Waals surface area contributed by atoms with Gasteiger partial charge in [-0.1, -0.05) is 6.92 Å². The fourth-order valence-electron chi connectivity index (χ4n) is 1.32. The number of alkyl halides is 2. The van der Waals surface area contributed by atoms with Gasteiger partial charge in [0.1, 0.15) is 0 Å². The van der Waals surface area contributed by atoms with Crippen LogP contribution in [0.4, 0.5) is 14.5 Å². The molecule has 19 heavy (non-hydrogen) atoms. The van der Waals surface area contributed by atoms with E-state index in [0.717, 1.165) is 0 Å². The van der Waals surface area contributed by atoms with Crippen molar-refractivity contribution in [3.8, 4) is 11.5 Å². The van der Waals surface area contributed by atoms with E-state index < -0.39 is 6.61 Å². The fourth-order valence-corrected chi connectivity index (χ4v) is 1.32. The lowest BCUT2D eigenvalue weighted by molar-refractivity contribution is -0.119. The van der Waals surface area contributed by atoms with Gasteiger partial charge in [-0.3, -0.25) is 4.79 Å². The zero-order chi connectivity index (χ0) is 14.4. The van der Waals surface area contributed by atoms with E-state index in [1.807, 2.05) is 0 Å². The van der Waals surface area contributed by atoms with Gasteiger partial charge in [0.05, 0.1) is 7.11 Å². The second-order valence-electron chi connectivity index (χ2n) is 3.87. The average Bonchev–Trinajstić information content (AvgIpc) is 2.37. The van der Waals surface area contributed by atoms with Gasteiger partial charge in [-0.2, -0.15) is 8.78 Å². The number of ether oxygens (including phenoxy) is 2. The Morgan fingerprint density at radius 1 is 1.42 bits per heavy atom. The minimum absolute atomic E-state index is 0.143. The van der Waals surface area contributed by atoms with Gasteiger partial charge in [0.15, 0.2) is 11.5 Å². The van der Waals surface area contributed by atoms with Crippen LogP contribution in [0.3, 0.4) is 0 Å². The van der Waals surface area contributed by atoms with Crippen molar-refractivity contribution < 1.29 is 23.0 Å². The van der Waals surface area contributed by atoms with Crippen LogP contribution in [-0.4, -0.2) is 26.2 Å². The number of benzene rings is 1. The molecule has 0 spiro atoms. The average molecular weight is 274 g/mol. The number of hydrogen-bond acceptors (Lipinski definition) is 4. The molecule has 1 atom stereocenters. The lowest BCUT2D eigenvalue weighted by Crippen LogP contribution is -2.26. The Morgan fingerprint density at radius 3 is 2.63 bits per heavy atom. The largest absolute Gasteiger partial charge is 0.493 e. The first-order valence-corrected chi connectivity index (χ1v) is 5.61. The smallest absolute Gasteiger partial charge is 0.387 e. The van der Waals surface area contributed by atoms with Gasteiger partial charge >= 0.3 is 6.61 Å². The standard InChI is InChI=1S/C12H16F2N2O3/c1-7(6-15)11(17)16-8-3-4-9(18-2)10(5-8)19-12(13)14/h3-5,7,12H,6,15H2,1-2H3,(H,16,17). The summed E-state index contributed by atoms with van der Waals surface area (Å²) in [6, 6.07) is 4.23. The summed E-state index contributed by atoms with van der Waals surface area (Å²) in [6.07, 6.45) is 0. The number of carbonyl (C=O) groups excluding carboxylic acids is 1. The van der Waals surface area contributed by atoms with Gasteiger partial charge in [0, 0.05) is 24.2 Å². The van der Waals surface area contributed by atoms with Crippen LogP contribution in [0.15, 0.2) is 18.2 Å². The molecule has 0 aliphatic heterocycles. The van der Waals surface area contributed by atoms with Crippen molar-refractivity contribution in [3.05, 3.63) is 18.2 Å². The molecule has 0 fully saturated rings. The summed E-state index contributed by atoms with van der Waals surface area (Å²) in [5, 5.41) is 2.56. The summed E-state index contributed by atoms with van der Waals surface area (Å²) in [7, 11) is 1.34. The highest BCUT2D eigenvalue weighted by molar-refractivity contribution is 5.92. The Bertz CT molecular complexity index is 441. The van der Waals surface area contributed by atoms with Crippen LogP contribution in [0.2, 0.25) is 0 Å². The third kappa shape index (κ3) is 4.36. The van der Waals surface area contributed by atoms with E-state index in [2.05, 4.69) is 10.1 Å². The molecule has 7 heteroatoms. The van der Waals surface area contributed by atoms with E-state index >= 15 is 0 Å². The normalized spacial score (nSPS) is 12.1. The Balaban J connectivity index is 2.88. The minimum Gasteiger partial charge on any atom is -0.493 e. The number of rotatable bonds is 6. The predicted octanol–water partition coefficient (Wildman–Crippen LogP) is 1.83. The van der Waals surface area contributed by atoms with Gasteiger partial charge in [-0.15, -0.1) is 0 Å². The Morgan fingerprint density at radius 2 is 2.11 bits per heavy atom. The number of nitrogens with one attached hydrogen (secondary N) is 1.